The molecule has 0 saturated heterocycles. The number of nitrogens with zero attached hydrogens (tertiary/aromatic N) is 2. The van der Waals surface area contributed by atoms with Gasteiger partial charge in [0.15, 0.2) is 9.84 Å². The number of aryl methyl sites for hydroxylation is 2. The highest BCUT2D eigenvalue weighted by molar-refractivity contribution is 7.90. The van der Waals surface area contributed by atoms with Crippen LogP contribution in [0, 0.1) is 12.7 Å². The molecule has 0 fully saturated rings. The lowest BCUT2D eigenvalue weighted by Gasteiger charge is -2.08. The largest absolute Gasteiger partial charge is 0.319 e. The summed E-state index contributed by atoms with van der Waals surface area (Å²) >= 11 is 1.08. The van der Waals surface area contributed by atoms with Gasteiger partial charge in [-0.2, -0.15) is 0 Å². The number of carbonyl (C=O) groups is 1. The number of nitrogens with one attached hydrogen (secondary N) is 1. The zero-order valence-corrected chi connectivity index (χ0v) is 18.1. The van der Waals surface area contributed by atoms with Crippen molar-refractivity contribution in [3.8, 4) is 0 Å². The smallest absolute Gasteiger partial charge is 0.266 e. The van der Waals surface area contributed by atoms with Crippen molar-refractivity contribution in [2.24, 2.45) is 0 Å². The van der Waals surface area contributed by atoms with Crippen LogP contribution in [0.3, 0.4) is 0 Å². The zero-order valence-electron chi connectivity index (χ0n) is 16.5. The van der Waals surface area contributed by atoms with E-state index in [2.05, 4.69) is 10.3 Å². The SMILES string of the molecule is Cc1c(C(=O)Nc2cc(S(C)(=O)=O)ccc2F)sc2nc3n(c(=O)c12)CCCCC3. The summed E-state index contributed by atoms with van der Waals surface area (Å²) in [6.45, 7) is 2.28. The topological polar surface area (TPSA) is 98.1 Å². The lowest BCUT2D eigenvalue weighted by molar-refractivity contribution is 0.102. The second-order valence-corrected chi connectivity index (χ2v) is 10.4. The first-order valence-corrected chi connectivity index (χ1v) is 12.2. The molecule has 10 heteroatoms. The van der Waals surface area contributed by atoms with E-state index in [0.29, 0.717) is 28.7 Å². The van der Waals surface area contributed by atoms with Crippen LogP contribution < -0.4 is 10.9 Å². The molecule has 158 valence electrons. The molecule has 2 aromatic heterocycles. The van der Waals surface area contributed by atoms with Crippen molar-refractivity contribution in [2.45, 2.75) is 44.0 Å². The fraction of sp³-hybridized carbons (Fsp3) is 0.350. The number of amides is 1. The molecule has 1 N–H and O–H groups in total. The van der Waals surface area contributed by atoms with Crippen LogP contribution in [0.2, 0.25) is 0 Å². The van der Waals surface area contributed by atoms with Crippen molar-refractivity contribution in [1.82, 2.24) is 9.55 Å². The standard InChI is InChI=1S/C20H20FN3O4S2/c1-11-16-19(23-15-6-4-3-5-9-24(15)20(16)26)29-17(11)18(25)22-14-10-12(30(2,27)28)7-8-13(14)21/h7-8,10H,3-6,9H2,1-2H3,(H,22,25). The number of thiophene rings is 1. The highest BCUT2D eigenvalue weighted by Gasteiger charge is 2.23. The van der Waals surface area contributed by atoms with Gasteiger partial charge in [0.1, 0.15) is 16.5 Å². The van der Waals surface area contributed by atoms with Gasteiger partial charge in [0.25, 0.3) is 11.5 Å². The number of hydrogen-bond donors (Lipinski definition) is 1. The van der Waals surface area contributed by atoms with Gasteiger partial charge in [-0.25, -0.2) is 17.8 Å². The summed E-state index contributed by atoms with van der Waals surface area (Å²) in [7, 11) is -3.56. The van der Waals surface area contributed by atoms with Gasteiger partial charge in [-0.15, -0.1) is 11.3 Å². The molecule has 0 bridgehead atoms. The van der Waals surface area contributed by atoms with E-state index < -0.39 is 21.6 Å². The summed E-state index contributed by atoms with van der Waals surface area (Å²) in [6.07, 6.45) is 4.64. The monoisotopic (exact) mass is 449 g/mol. The first kappa shape index (κ1) is 20.7. The highest BCUT2D eigenvalue weighted by Crippen LogP contribution is 2.30. The van der Waals surface area contributed by atoms with E-state index in [-0.39, 0.29) is 21.0 Å². The molecule has 30 heavy (non-hydrogen) atoms. The van der Waals surface area contributed by atoms with Gasteiger partial charge in [0.05, 0.1) is 20.8 Å². The van der Waals surface area contributed by atoms with E-state index in [0.717, 1.165) is 60.9 Å². The first-order chi connectivity index (χ1) is 14.2. The Balaban J connectivity index is 1.76. The van der Waals surface area contributed by atoms with Crippen LogP contribution in [0.1, 0.15) is 40.3 Å². The third-order valence-electron chi connectivity index (χ3n) is 5.23. The van der Waals surface area contributed by atoms with E-state index in [4.69, 9.17) is 0 Å². The molecule has 0 aliphatic carbocycles. The Morgan fingerprint density at radius 3 is 2.77 bits per heavy atom. The molecule has 0 atom stereocenters. The van der Waals surface area contributed by atoms with Gasteiger partial charge in [-0.1, -0.05) is 6.42 Å². The van der Waals surface area contributed by atoms with Gasteiger partial charge >= 0.3 is 0 Å². The molecule has 0 unspecified atom stereocenters. The Labute approximate surface area is 176 Å². The Kier molecular flexibility index (Phi) is 5.23. The van der Waals surface area contributed by atoms with E-state index in [1.165, 1.54) is 0 Å². The molecule has 3 heterocycles. The summed E-state index contributed by atoms with van der Waals surface area (Å²) in [5.41, 5.74) is 0.0967. The number of fused-ring (bicyclic) bond motifs is 2. The zero-order chi connectivity index (χ0) is 21.6. The van der Waals surface area contributed by atoms with E-state index in [1.54, 1.807) is 11.5 Å². The maximum absolute atomic E-state index is 14.2. The average Bonchev–Trinajstić information content (AvgIpc) is 2.85. The number of rotatable bonds is 3. The molecule has 4 rings (SSSR count). The summed E-state index contributed by atoms with van der Waals surface area (Å²) in [6, 6.07) is 3.22. The number of sulfone groups is 1. The maximum Gasteiger partial charge on any atom is 0.266 e. The van der Waals surface area contributed by atoms with Crippen LogP contribution in [0.4, 0.5) is 10.1 Å². The molecular weight excluding hydrogens is 429 g/mol. The Hall–Kier alpha value is -2.59. The van der Waals surface area contributed by atoms with Crippen molar-refractivity contribution >= 4 is 43.0 Å². The van der Waals surface area contributed by atoms with Crippen molar-refractivity contribution in [3.05, 3.63) is 50.6 Å². The van der Waals surface area contributed by atoms with Crippen molar-refractivity contribution < 1.29 is 17.6 Å². The Morgan fingerprint density at radius 1 is 1.27 bits per heavy atom. The van der Waals surface area contributed by atoms with Gasteiger partial charge in [-0.05, 0) is 43.5 Å². The number of halogens is 1. The number of carbonyl (C=O) groups excluding carboxylic acids is 1. The molecule has 3 aromatic rings. The highest BCUT2D eigenvalue weighted by atomic mass is 32.2. The van der Waals surface area contributed by atoms with Gasteiger partial charge < -0.3 is 5.32 Å². The first-order valence-electron chi connectivity index (χ1n) is 9.50. The van der Waals surface area contributed by atoms with E-state index >= 15 is 0 Å². The minimum atomic E-state index is -3.56. The summed E-state index contributed by atoms with van der Waals surface area (Å²) in [5.74, 6) is -0.635. The fourth-order valence-electron chi connectivity index (χ4n) is 3.64. The van der Waals surface area contributed by atoms with Gasteiger partial charge in [0, 0.05) is 19.2 Å². The van der Waals surface area contributed by atoms with Crippen LogP contribution >= 0.6 is 11.3 Å². The third-order valence-corrected chi connectivity index (χ3v) is 7.53. The van der Waals surface area contributed by atoms with Crippen molar-refractivity contribution in [1.29, 1.82) is 0 Å². The Bertz CT molecular complexity index is 1340. The third kappa shape index (κ3) is 3.65. The van der Waals surface area contributed by atoms with Gasteiger partial charge in [-0.3, -0.25) is 14.2 Å². The second-order valence-electron chi connectivity index (χ2n) is 7.40. The average molecular weight is 450 g/mol. The molecule has 1 aliphatic rings. The summed E-state index contributed by atoms with van der Waals surface area (Å²) in [4.78, 5) is 31.1. The van der Waals surface area contributed by atoms with Crippen LogP contribution in [0.15, 0.2) is 27.9 Å². The van der Waals surface area contributed by atoms with E-state index in [1.807, 2.05) is 0 Å². The molecule has 7 nitrogen and oxygen atoms in total. The summed E-state index contributed by atoms with van der Waals surface area (Å²) in [5, 5.41) is 2.84. The van der Waals surface area contributed by atoms with Crippen LogP contribution in [0.5, 0.6) is 0 Å². The van der Waals surface area contributed by atoms with Crippen molar-refractivity contribution in [2.75, 3.05) is 11.6 Å². The molecular formula is C20H20FN3O4S2. The molecule has 1 aromatic carbocycles. The van der Waals surface area contributed by atoms with E-state index in [9.17, 15) is 22.4 Å². The normalized spacial score (nSPS) is 14.4. The Morgan fingerprint density at radius 2 is 2.03 bits per heavy atom. The minimum Gasteiger partial charge on any atom is -0.319 e. The van der Waals surface area contributed by atoms with Crippen molar-refractivity contribution in [3.63, 3.8) is 0 Å². The number of aromatic nitrogens is 2. The molecule has 0 saturated carbocycles. The lowest BCUT2D eigenvalue weighted by Crippen LogP contribution is -2.24. The van der Waals surface area contributed by atoms with Crippen LogP contribution in [0.25, 0.3) is 10.2 Å². The molecule has 0 radical (unpaired) electrons. The second kappa shape index (κ2) is 7.59. The maximum atomic E-state index is 14.2. The summed E-state index contributed by atoms with van der Waals surface area (Å²) < 4.78 is 39.3. The predicted molar refractivity (Wildman–Crippen MR) is 114 cm³/mol. The molecule has 1 amide bonds. The number of benzene rings is 1. The van der Waals surface area contributed by atoms with Crippen LogP contribution in [-0.4, -0.2) is 30.1 Å². The minimum absolute atomic E-state index is 0.101. The van der Waals surface area contributed by atoms with Crippen LogP contribution in [-0.2, 0) is 22.8 Å². The molecule has 0 spiro atoms. The number of hydrogen-bond acceptors (Lipinski definition) is 6. The lowest BCUT2D eigenvalue weighted by atomic mass is 10.2. The van der Waals surface area contributed by atoms with Gasteiger partial charge in [0.2, 0.25) is 0 Å². The quantitative estimate of drug-likeness (QED) is 0.619. The number of anilines is 1. The predicted octanol–water partition coefficient (Wildman–Crippen LogP) is 3.29. The molecule has 1 aliphatic heterocycles. The fourth-order valence-corrected chi connectivity index (χ4v) is 5.37.